The number of aliphatic hydroxyl groups excluding tert-OH is 1. The third kappa shape index (κ3) is 3.27. The van der Waals surface area contributed by atoms with Crippen LogP contribution in [0.3, 0.4) is 0 Å². The SMILES string of the molecule is CC(CO)(NC(=O)OCC1c2ccccc2-c2ccccc21)c1ccccc1. The second-order valence-electron chi connectivity index (χ2n) is 7.31. The molecule has 1 unspecified atom stereocenters. The zero-order valence-corrected chi connectivity index (χ0v) is 15.8. The number of nitrogens with one attached hydrogen (secondary N) is 1. The average Bonchev–Trinajstić information content (AvgIpc) is 3.06. The second kappa shape index (κ2) is 7.49. The average molecular weight is 373 g/mol. The molecule has 4 rings (SSSR count). The van der Waals surface area contributed by atoms with E-state index in [0.717, 1.165) is 5.56 Å². The van der Waals surface area contributed by atoms with Crippen LogP contribution in [0.5, 0.6) is 0 Å². The minimum atomic E-state index is -0.899. The summed E-state index contributed by atoms with van der Waals surface area (Å²) in [6.45, 7) is 1.81. The van der Waals surface area contributed by atoms with Gasteiger partial charge in [-0.2, -0.15) is 0 Å². The summed E-state index contributed by atoms with van der Waals surface area (Å²) >= 11 is 0. The highest BCUT2D eigenvalue weighted by Crippen LogP contribution is 2.44. The first-order valence-corrected chi connectivity index (χ1v) is 9.42. The first-order chi connectivity index (χ1) is 13.6. The van der Waals surface area contributed by atoms with Gasteiger partial charge in [0.15, 0.2) is 0 Å². The summed E-state index contributed by atoms with van der Waals surface area (Å²) in [6, 6.07) is 25.9. The van der Waals surface area contributed by atoms with Crippen molar-refractivity contribution in [3.05, 3.63) is 95.6 Å². The molecule has 4 heteroatoms. The number of rotatable bonds is 5. The maximum absolute atomic E-state index is 12.5. The molecule has 0 spiro atoms. The molecule has 0 heterocycles. The Morgan fingerprint density at radius 2 is 1.46 bits per heavy atom. The second-order valence-corrected chi connectivity index (χ2v) is 7.31. The van der Waals surface area contributed by atoms with Crippen LogP contribution >= 0.6 is 0 Å². The topological polar surface area (TPSA) is 58.6 Å². The van der Waals surface area contributed by atoms with Crippen molar-refractivity contribution in [2.24, 2.45) is 0 Å². The van der Waals surface area contributed by atoms with E-state index >= 15 is 0 Å². The lowest BCUT2D eigenvalue weighted by Gasteiger charge is -2.29. The van der Waals surface area contributed by atoms with Crippen molar-refractivity contribution < 1.29 is 14.6 Å². The normalized spacial score (nSPS) is 14.6. The summed E-state index contributed by atoms with van der Waals surface area (Å²) in [7, 11) is 0. The highest BCUT2D eigenvalue weighted by atomic mass is 16.5. The number of hydrogen-bond donors (Lipinski definition) is 2. The lowest BCUT2D eigenvalue weighted by Crippen LogP contribution is -2.46. The van der Waals surface area contributed by atoms with Crippen molar-refractivity contribution in [3.63, 3.8) is 0 Å². The summed E-state index contributed by atoms with van der Waals surface area (Å²) < 4.78 is 5.60. The van der Waals surface area contributed by atoms with Gasteiger partial charge in [-0.25, -0.2) is 4.79 Å². The predicted octanol–water partition coefficient (Wildman–Crippen LogP) is 4.43. The molecule has 3 aromatic carbocycles. The molecular formula is C24H23NO3. The Hall–Kier alpha value is -3.11. The van der Waals surface area contributed by atoms with E-state index in [0.29, 0.717) is 0 Å². The summed E-state index contributed by atoms with van der Waals surface area (Å²) in [4.78, 5) is 12.5. The summed E-state index contributed by atoms with van der Waals surface area (Å²) in [6.07, 6.45) is -0.540. The Morgan fingerprint density at radius 3 is 2.04 bits per heavy atom. The van der Waals surface area contributed by atoms with E-state index < -0.39 is 11.6 Å². The van der Waals surface area contributed by atoms with Gasteiger partial charge in [-0.15, -0.1) is 0 Å². The van der Waals surface area contributed by atoms with E-state index in [9.17, 15) is 9.90 Å². The van der Waals surface area contributed by atoms with Crippen LogP contribution < -0.4 is 5.32 Å². The number of carbonyl (C=O) groups is 1. The molecule has 142 valence electrons. The third-order valence-corrected chi connectivity index (χ3v) is 5.45. The van der Waals surface area contributed by atoms with Gasteiger partial charge in [0.1, 0.15) is 6.61 Å². The van der Waals surface area contributed by atoms with E-state index in [1.807, 2.05) is 54.6 Å². The Kier molecular flexibility index (Phi) is 4.88. The van der Waals surface area contributed by atoms with Crippen LogP contribution in [0.2, 0.25) is 0 Å². The van der Waals surface area contributed by atoms with E-state index in [4.69, 9.17) is 4.74 Å². The van der Waals surface area contributed by atoms with Crippen molar-refractivity contribution in [2.75, 3.05) is 13.2 Å². The van der Waals surface area contributed by atoms with E-state index in [1.165, 1.54) is 22.3 Å². The quantitative estimate of drug-likeness (QED) is 0.695. The van der Waals surface area contributed by atoms with Gasteiger partial charge in [-0.05, 0) is 34.7 Å². The Morgan fingerprint density at radius 1 is 0.929 bits per heavy atom. The van der Waals surface area contributed by atoms with Crippen molar-refractivity contribution in [1.82, 2.24) is 5.32 Å². The van der Waals surface area contributed by atoms with Crippen molar-refractivity contribution in [2.45, 2.75) is 18.4 Å². The first kappa shape index (κ1) is 18.3. The molecule has 0 saturated heterocycles. The molecule has 1 atom stereocenters. The molecule has 0 fully saturated rings. The van der Waals surface area contributed by atoms with Gasteiger partial charge >= 0.3 is 6.09 Å². The predicted molar refractivity (Wildman–Crippen MR) is 109 cm³/mol. The highest BCUT2D eigenvalue weighted by molar-refractivity contribution is 5.79. The van der Waals surface area contributed by atoms with Crippen molar-refractivity contribution in [3.8, 4) is 11.1 Å². The number of aliphatic hydroxyl groups is 1. The van der Waals surface area contributed by atoms with Gasteiger partial charge in [0.2, 0.25) is 0 Å². The van der Waals surface area contributed by atoms with Gasteiger partial charge in [0, 0.05) is 5.92 Å². The van der Waals surface area contributed by atoms with Crippen LogP contribution in [0.1, 0.15) is 29.5 Å². The number of fused-ring (bicyclic) bond motifs is 3. The fraction of sp³-hybridized carbons (Fsp3) is 0.208. The number of hydrogen-bond acceptors (Lipinski definition) is 3. The van der Waals surface area contributed by atoms with Gasteiger partial charge in [-0.3, -0.25) is 0 Å². The third-order valence-electron chi connectivity index (χ3n) is 5.45. The van der Waals surface area contributed by atoms with Crippen molar-refractivity contribution >= 4 is 6.09 Å². The van der Waals surface area contributed by atoms with Crippen LogP contribution in [-0.2, 0) is 10.3 Å². The first-order valence-electron chi connectivity index (χ1n) is 9.42. The zero-order chi connectivity index (χ0) is 19.6. The number of benzene rings is 3. The molecule has 4 nitrogen and oxygen atoms in total. The largest absolute Gasteiger partial charge is 0.449 e. The van der Waals surface area contributed by atoms with Crippen LogP contribution in [-0.4, -0.2) is 24.4 Å². The molecule has 0 aliphatic heterocycles. The summed E-state index contributed by atoms with van der Waals surface area (Å²) in [5.74, 6) is 0.00950. The van der Waals surface area contributed by atoms with Gasteiger partial charge in [-0.1, -0.05) is 78.9 Å². The Balaban J connectivity index is 1.50. The summed E-state index contributed by atoms with van der Waals surface area (Å²) in [5.41, 5.74) is 4.65. The molecule has 0 aromatic heterocycles. The highest BCUT2D eigenvalue weighted by Gasteiger charge is 2.31. The number of amides is 1. The molecule has 1 amide bonds. The fourth-order valence-corrected chi connectivity index (χ4v) is 3.87. The smallest absolute Gasteiger partial charge is 0.407 e. The molecule has 3 aromatic rings. The molecule has 28 heavy (non-hydrogen) atoms. The fourth-order valence-electron chi connectivity index (χ4n) is 3.87. The van der Waals surface area contributed by atoms with Gasteiger partial charge in [0.05, 0.1) is 12.1 Å². The summed E-state index contributed by atoms with van der Waals surface area (Å²) in [5, 5.41) is 12.7. The van der Waals surface area contributed by atoms with Crippen LogP contribution in [0.25, 0.3) is 11.1 Å². The minimum Gasteiger partial charge on any atom is -0.449 e. The van der Waals surface area contributed by atoms with Crippen molar-refractivity contribution in [1.29, 1.82) is 0 Å². The molecule has 0 bridgehead atoms. The molecular weight excluding hydrogens is 350 g/mol. The van der Waals surface area contributed by atoms with E-state index in [2.05, 4.69) is 29.6 Å². The Labute approximate surface area is 164 Å². The van der Waals surface area contributed by atoms with E-state index in [-0.39, 0.29) is 19.1 Å². The van der Waals surface area contributed by atoms with E-state index in [1.54, 1.807) is 6.92 Å². The number of ether oxygens (including phenoxy) is 1. The van der Waals surface area contributed by atoms with Crippen LogP contribution in [0, 0.1) is 0 Å². The maximum Gasteiger partial charge on any atom is 0.407 e. The molecule has 1 aliphatic carbocycles. The van der Waals surface area contributed by atoms with Crippen LogP contribution in [0.4, 0.5) is 4.79 Å². The molecule has 0 saturated carbocycles. The van der Waals surface area contributed by atoms with Gasteiger partial charge < -0.3 is 15.2 Å². The minimum absolute atomic E-state index is 0.00950. The Bertz CT molecular complexity index is 940. The zero-order valence-electron chi connectivity index (χ0n) is 15.8. The lowest BCUT2D eigenvalue weighted by atomic mass is 9.93. The molecule has 2 N–H and O–H groups in total. The number of alkyl carbamates (subject to hydrolysis) is 1. The number of carbonyl (C=O) groups excluding carboxylic acids is 1. The molecule has 1 aliphatic rings. The van der Waals surface area contributed by atoms with Gasteiger partial charge in [0.25, 0.3) is 0 Å². The standard InChI is InChI=1S/C24H23NO3/c1-24(16-26,17-9-3-2-4-10-17)25-23(27)28-15-22-20-13-7-5-11-18(20)19-12-6-8-14-21(19)22/h2-14,22,26H,15-16H2,1H3,(H,25,27). The lowest BCUT2D eigenvalue weighted by molar-refractivity contribution is 0.114. The van der Waals surface area contributed by atoms with Crippen LogP contribution in [0.15, 0.2) is 78.9 Å². The maximum atomic E-state index is 12.5. The molecule has 0 radical (unpaired) electrons. The monoisotopic (exact) mass is 373 g/mol.